The molecule has 5 nitrogen and oxygen atoms in total. The molecule has 0 unspecified atom stereocenters. The zero-order valence-corrected chi connectivity index (χ0v) is 9.75. The number of hydrogen-bond donors (Lipinski definition) is 2. The van der Waals surface area contributed by atoms with E-state index in [0.29, 0.717) is 26.1 Å². The first kappa shape index (κ1) is 10.5. The molecule has 1 saturated heterocycles. The predicted molar refractivity (Wildman–Crippen MR) is 64.0 cm³/mol. The third kappa shape index (κ3) is 1.67. The van der Waals surface area contributed by atoms with E-state index in [0.717, 1.165) is 17.2 Å². The van der Waals surface area contributed by atoms with Crippen molar-refractivity contribution in [3.8, 4) is 0 Å². The Bertz CT molecular complexity index is 467. The molecule has 0 aromatic carbocycles. The number of rotatable bonds is 0. The number of aromatic nitrogens is 1. The number of ether oxygens (including phenoxy) is 1. The number of pyridine rings is 1. The van der Waals surface area contributed by atoms with Crippen molar-refractivity contribution >= 4 is 17.4 Å². The minimum atomic E-state index is -0.536. The van der Waals surface area contributed by atoms with Crippen molar-refractivity contribution in [2.24, 2.45) is 0 Å². The Balaban J connectivity index is 1.98. The predicted octanol–water partition coefficient (Wildman–Crippen LogP) is 1.30. The first-order valence-electron chi connectivity index (χ1n) is 5.85. The summed E-state index contributed by atoms with van der Waals surface area (Å²) in [5.74, 6) is 0.797. The highest BCUT2D eigenvalue weighted by molar-refractivity contribution is 6.05. The summed E-state index contributed by atoms with van der Waals surface area (Å²) in [6.07, 6.45) is 1.38. The number of hydrogen-bond acceptors (Lipinski definition) is 4. The summed E-state index contributed by atoms with van der Waals surface area (Å²) >= 11 is 0. The van der Waals surface area contributed by atoms with E-state index in [4.69, 9.17) is 4.74 Å². The van der Waals surface area contributed by atoms with E-state index in [-0.39, 0.29) is 5.91 Å². The quantitative estimate of drug-likeness (QED) is 0.709. The highest BCUT2D eigenvalue weighted by Gasteiger charge is 2.43. The van der Waals surface area contributed by atoms with Gasteiger partial charge in [0.05, 0.1) is 5.69 Å². The zero-order valence-electron chi connectivity index (χ0n) is 9.75. The number of amides is 1. The molecule has 1 aromatic rings. The summed E-state index contributed by atoms with van der Waals surface area (Å²) < 4.78 is 5.32. The van der Waals surface area contributed by atoms with Crippen LogP contribution in [0.15, 0.2) is 12.1 Å². The van der Waals surface area contributed by atoms with Gasteiger partial charge in [-0.3, -0.25) is 4.79 Å². The molecule has 1 spiro atoms. The number of aryl methyl sites for hydroxylation is 1. The Morgan fingerprint density at radius 1 is 1.35 bits per heavy atom. The Morgan fingerprint density at radius 2 is 2.12 bits per heavy atom. The Morgan fingerprint density at radius 3 is 2.88 bits per heavy atom. The minimum Gasteiger partial charge on any atom is -0.381 e. The SMILES string of the molecule is Cc1ccc2c(n1)NC1(CCOCC1)C(=O)N2. The summed E-state index contributed by atoms with van der Waals surface area (Å²) in [6.45, 7) is 3.16. The molecule has 3 rings (SSSR count). The summed E-state index contributed by atoms with van der Waals surface area (Å²) in [5, 5.41) is 6.23. The van der Waals surface area contributed by atoms with E-state index in [9.17, 15) is 4.79 Å². The van der Waals surface area contributed by atoms with Gasteiger partial charge in [-0.1, -0.05) is 0 Å². The molecule has 5 heteroatoms. The lowest BCUT2D eigenvalue weighted by Gasteiger charge is -2.40. The maximum atomic E-state index is 12.2. The van der Waals surface area contributed by atoms with Crippen LogP contribution >= 0.6 is 0 Å². The fourth-order valence-electron chi connectivity index (χ4n) is 2.35. The topological polar surface area (TPSA) is 63.3 Å². The molecular weight excluding hydrogens is 218 g/mol. The summed E-state index contributed by atoms with van der Waals surface area (Å²) in [7, 11) is 0. The van der Waals surface area contributed by atoms with E-state index in [2.05, 4.69) is 15.6 Å². The molecule has 2 aliphatic heterocycles. The fraction of sp³-hybridized carbons (Fsp3) is 0.500. The van der Waals surface area contributed by atoms with Gasteiger partial charge in [0.15, 0.2) is 5.82 Å². The van der Waals surface area contributed by atoms with Crippen LogP contribution in [-0.2, 0) is 9.53 Å². The smallest absolute Gasteiger partial charge is 0.250 e. The summed E-state index contributed by atoms with van der Waals surface area (Å²) in [6, 6.07) is 3.78. The van der Waals surface area contributed by atoms with Crippen molar-refractivity contribution in [1.82, 2.24) is 4.98 Å². The van der Waals surface area contributed by atoms with Crippen molar-refractivity contribution in [1.29, 1.82) is 0 Å². The lowest BCUT2D eigenvalue weighted by Crippen LogP contribution is -2.55. The second kappa shape index (κ2) is 3.70. The standard InChI is InChI=1S/C12H15N3O2/c1-8-2-3-9-10(13-8)15-12(11(16)14-9)4-6-17-7-5-12/h2-3H,4-7H2,1H3,(H,13,15)(H,14,16). The lowest BCUT2D eigenvalue weighted by atomic mass is 9.87. The van der Waals surface area contributed by atoms with E-state index in [1.807, 2.05) is 19.1 Å². The van der Waals surface area contributed by atoms with Crippen molar-refractivity contribution in [2.45, 2.75) is 25.3 Å². The van der Waals surface area contributed by atoms with Gasteiger partial charge in [-0.15, -0.1) is 0 Å². The summed E-state index contributed by atoms with van der Waals surface area (Å²) in [4.78, 5) is 16.6. The van der Waals surface area contributed by atoms with Gasteiger partial charge in [0.2, 0.25) is 5.91 Å². The van der Waals surface area contributed by atoms with Crippen LogP contribution in [0.3, 0.4) is 0 Å². The molecule has 1 amide bonds. The van der Waals surface area contributed by atoms with Gasteiger partial charge in [-0.2, -0.15) is 0 Å². The molecular formula is C12H15N3O2. The van der Waals surface area contributed by atoms with Crippen molar-refractivity contribution in [3.05, 3.63) is 17.8 Å². The average molecular weight is 233 g/mol. The van der Waals surface area contributed by atoms with Gasteiger partial charge in [0, 0.05) is 31.7 Å². The highest BCUT2D eigenvalue weighted by atomic mass is 16.5. The lowest BCUT2D eigenvalue weighted by molar-refractivity contribution is -0.123. The third-order valence-corrected chi connectivity index (χ3v) is 3.42. The number of anilines is 2. The normalized spacial score (nSPS) is 21.6. The van der Waals surface area contributed by atoms with Gasteiger partial charge >= 0.3 is 0 Å². The summed E-state index contributed by atoms with van der Waals surface area (Å²) in [5.41, 5.74) is 1.17. The first-order chi connectivity index (χ1) is 8.20. The fourth-order valence-corrected chi connectivity index (χ4v) is 2.35. The van der Waals surface area contributed by atoms with E-state index in [1.165, 1.54) is 0 Å². The van der Waals surface area contributed by atoms with Crippen LogP contribution in [-0.4, -0.2) is 29.6 Å². The zero-order chi connectivity index (χ0) is 11.9. The number of nitrogens with zero attached hydrogens (tertiary/aromatic N) is 1. The molecule has 0 aliphatic carbocycles. The van der Waals surface area contributed by atoms with Crippen molar-refractivity contribution < 1.29 is 9.53 Å². The number of carbonyl (C=O) groups is 1. The maximum Gasteiger partial charge on any atom is 0.250 e. The Hall–Kier alpha value is -1.62. The average Bonchev–Trinajstić information content (AvgIpc) is 2.32. The molecule has 1 fully saturated rings. The van der Waals surface area contributed by atoms with E-state index < -0.39 is 5.54 Å². The van der Waals surface area contributed by atoms with Gasteiger partial charge in [0.25, 0.3) is 0 Å². The Kier molecular flexibility index (Phi) is 2.29. The maximum absolute atomic E-state index is 12.2. The molecule has 0 radical (unpaired) electrons. The van der Waals surface area contributed by atoms with Crippen molar-refractivity contribution in [2.75, 3.05) is 23.8 Å². The van der Waals surface area contributed by atoms with Gasteiger partial charge in [0.1, 0.15) is 5.54 Å². The number of nitrogens with one attached hydrogen (secondary N) is 2. The molecule has 3 heterocycles. The number of fused-ring (bicyclic) bond motifs is 1. The molecule has 0 saturated carbocycles. The Labute approximate surface area is 99.6 Å². The first-order valence-corrected chi connectivity index (χ1v) is 5.85. The third-order valence-electron chi connectivity index (χ3n) is 3.42. The van der Waals surface area contributed by atoms with Crippen LogP contribution in [0.5, 0.6) is 0 Å². The van der Waals surface area contributed by atoms with Crippen molar-refractivity contribution in [3.63, 3.8) is 0 Å². The second-order valence-electron chi connectivity index (χ2n) is 4.62. The van der Waals surface area contributed by atoms with Crippen LogP contribution in [0.25, 0.3) is 0 Å². The molecule has 2 aliphatic rings. The van der Waals surface area contributed by atoms with Crippen LogP contribution in [0.4, 0.5) is 11.5 Å². The van der Waals surface area contributed by atoms with E-state index >= 15 is 0 Å². The minimum absolute atomic E-state index is 0.0268. The van der Waals surface area contributed by atoms with Crippen LogP contribution in [0.1, 0.15) is 18.5 Å². The number of carbonyl (C=O) groups excluding carboxylic acids is 1. The van der Waals surface area contributed by atoms with E-state index in [1.54, 1.807) is 0 Å². The van der Waals surface area contributed by atoms with Gasteiger partial charge < -0.3 is 15.4 Å². The molecule has 1 aromatic heterocycles. The molecule has 90 valence electrons. The van der Waals surface area contributed by atoms with Crippen LogP contribution in [0.2, 0.25) is 0 Å². The molecule has 0 atom stereocenters. The molecule has 17 heavy (non-hydrogen) atoms. The monoisotopic (exact) mass is 233 g/mol. The second-order valence-corrected chi connectivity index (χ2v) is 4.62. The van der Waals surface area contributed by atoms with Crippen LogP contribution in [0, 0.1) is 6.92 Å². The van der Waals surface area contributed by atoms with Gasteiger partial charge in [-0.25, -0.2) is 4.98 Å². The highest BCUT2D eigenvalue weighted by Crippen LogP contribution is 2.34. The largest absolute Gasteiger partial charge is 0.381 e. The van der Waals surface area contributed by atoms with Crippen LogP contribution < -0.4 is 10.6 Å². The molecule has 0 bridgehead atoms. The van der Waals surface area contributed by atoms with Gasteiger partial charge in [-0.05, 0) is 19.1 Å². The molecule has 2 N–H and O–H groups in total.